The van der Waals surface area contributed by atoms with Gasteiger partial charge in [0, 0.05) is 17.2 Å². The standard InChI is InChI=1S/C14H16ClNOS/c15-7-6-14-16-9-11(17-14)13-8-10-4-2-1-3-5-12(10)18-13/h8-9H,1-7H2. The lowest BCUT2D eigenvalue weighted by Crippen LogP contribution is -1.83. The van der Waals surface area contributed by atoms with Crippen molar-refractivity contribution in [3.63, 3.8) is 0 Å². The zero-order valence-corrected chi connectivity index (χ0v) is 11.8. The molecule has 0 aliphatic heterocycles. The maximum absolute atomic E-state index is 5.73. The highest BCUT2D eigenvalue weighted by atomic mass is 35.5. The van der Waals surface area contributed by atoms with Crippen molar-refractivity contribution in [3.05, 3.63) is 28.6 Å². The van der Waals surface area contributed by atoms with Gasteiger partial charge in [-0.15, -0.1) is 22.9 Å². The number of thiophene rings is 1. The fourth-order valence-electron chi connectivity index (χ4n) is 2.41. The van der Waals surface area contributed by atoms with Gasteiger partial charge in [0.25, 0.3) is 0 Å². The molecule has 0 N–H and O–H groups in total. The lowest BCUT2D eigenvalue weighted by atomic mass is 10.1. The summed E-state index contributed by atoms with van der Waals surface area (Å²) in [6.07, 6.45) is 8.97. The summed E-state index contributed by atoms with van der Waals surface area (Å²) in [6.45, 7) is 0. The number of rotatable bonds is 3. The molecule has 0 saturated carbocycles. The Hall–Kier alpha value is -0.800. The number of halogens is 1. The van der Waals surface area contributed by atoms with E-state index in [4.69, 9.17) is 16.0 Å². The molecule has 0 spiro atoms. The number of oxazole rings is 1. The third kappa shape index (κ3) is 2.47. The molecule has 0 bridgehead atoms. The minimum atomic E-state index is 0.556. The molecule has 0 amide bonds. The molecule has 0 radical (unpaired) electrons. The number of aromatic nitrogens is 1. The van der Waals surface area contributed by atoms with Crippen LogP contribution < -0.4 is 0 Å². The molecule has 0 saturated heterocycles. The van der Waals surface area contributed by atoms with Crippen molar-refractivity contribution < 1.29 is 4.42 Å². The first-order chi connectivity index (χ1) is 8.86. The lowest BCUT2D eigenvalue weighted by molar-refractivity contribution is 0.515. The second kappa shape index (κ2) is 5.45. The van der Waals surface area contributed by atoms with E-state index in [2.05, 4.69) is 11.1 Å². The van der Waals surface area contributed by atoms with Crippen LogP contribution in [0.4, 0.5) is 0 Å². The second-order valence-electron chi connectivity index (χ2n) is 4.68. The second-order valence-corrected chi connectivity index (χ2v) is 6.19. The molecule has 18 heavy (non-hydrogen) atoms. The summed E-state index contributed by atoms with van der Waals surface area (Å²) in [5.41, 5.74) is 1.52. The van der Waals surface area contributed by atoms with Crippen LogP contribution in [0.15, 0.2) is 16.7 Å². The van der Waals surface area contributed by atoms with E-state index in [1.807, 2.05) is 17.5 Å². The van der Waals surface area contributed by atoms with Gasteiger partial charge in [-0.05, 0) is 37.3 Å². The van der Waals surface area contributed by atoms with Gasteiger partial charge in [-0.2, -0.15) is 0 Å². The lowest BCUT2D eigenvalue weighted by Gasteiger charge is -1.92. The van der Waals surface area contributed by atoms with Gasteiger partial charge >= 0.3 is 0 Å². The summed E-state index contributed by atoms with van der Waals surface area (Å²) >= 11 is 7.56. The smallest absolute Gasteiger partial charge is 0.196 e. The van der Waals surface area contributed by atoms with Crippen LogP contribution in [0.1, 0.15) is 35.6 Å². The van der Waals surface area contributed by atoms with Crippen LogP contribution in [-0.2, 0) is 19.3 Å². The van der Waals surface area contributed by atoms with Crippen molar-refractivity contribution in [3.8, 4) is 10.6 Å². The van der Waals surface area contributed by atoms with E-state index in [1.165, 1.54) is 47.4 Å². The molecule has 0 aromatic carbocycles. The Morgan fingerprint density at radius 1 is 1.28 bits per heavy atom. The van der Waals surface area contributed by atoms with Crippen molar-refractivity contribution in [2.24, 2.45) is 0 Å². The third-order valence-electron chi connectivity index (χ3n) is 3.35. The fourth-order valence-corrected chi connectivity index (χ4v) is 3.77. The predicted molar refractivity (Wildman–Crippen MR) is 75.5 cm³/mol. The Morgan fingerprint density at radius 3 is 3.06 bits per heavy atom. The Labute approximate surface area is 116 Å². The number of fused-ring (bicyclic) bond motifs is 1. The number of hydrogen-bond donors (Lipinski definition) is 0. The highest BCUT2D eigenvalue weighted by molar-refractivity contribution is 7.15. The van der Waals surface area contributed by atoms with Crippen LogP contribution in [0.3, 0.4) is 0 Å². The van der Waals surface area contributed by atoms with Crippen LogP contribution in [0.25, 0.3) is 10.6 Å². The number of nitrogens with zero attached hydrogens (tertiary/aromatic N) is 1. The van der Waals surface area contributed by atoms with Crippen molar-refractivity contribution in [2.75, 3.05) is 5.88 Å². The van der Waals surface area contributed by atoms with E-state index in [1.54, 1.807) is 0 Å². The van der Waals surface area contributed by atoms with Crippen LogP contribution in [0.5, 0.6) is 0 Å². The van der Waals surface area contributed by atoms with E-state index in [-0.39, 0.29) is 0 Å². The van der Waals surface area contributed by atoms with E-state index in [0.29, 0.717) is 12.3 Å². The van der Waals surface area contributed by atoms with Crippen LogP contribution >= 0.6 is 22.9 Å². The molecule has 0 unspecified atom stereocenters. The monoisotopic (exact) mass is 281 g/mol. The Bertz CT molecular complexity index is 508. The van der Waals surface area contributed by atoms with Gasteiger partial charge in [0.05, 0.1) is 11.1 Å². The molecular formula is C14H16ClNOS. The summed E-state index contributed by atoms with van der Waals surface area (Å²) in [5, 5.41) is 0. The Kier molecular flexibility index (Phi) is 3.71. The summed E-state index contributed by atoms with van der Waals surface area (Å²) < 4.78 is 5.73. The van der Waals surface area contributed by atoms with Crippen molar-refractivity contribution >= 4 is 22.9 Å². The first-order valence-electron chi connectivity index (χ1n) is 6.49. The van der Waals surface area contributed by atoms with E-state index < -0.39 is 0 Å². The summed E-state index contributed by atoms with van der Waals surface area (Å²) in [4.78, 5) is 7.02. The highest BCUT2D eigenvalue weighted by Gasteiger charge is 2.15. The molecular weight excluding hydrogens is 266 g/mol. The van der Waals surface area contributed by atoms with Gasteiger partial charge in [0.1, 0.15) is 0 Å². The average molecular weight is 282 g/mol. The third-order valence-corrected chi connectivity index (χ3v) is 4.79. The fraction of sp³-hybridized carbons (Fsp3) is 0.500. The molecule has 3 rings (SSSR count). The van der Waals surface area contributed by atoms with Gasteiger partial charge in [-0.3, -0.25) is 0 Å². The zero-order chi connectivity index (χ0) is 12.4. The van der Waals surface area contributed by atoms with Gasteiger partial charge in [-0.25, -0.2) is 4.98 Å². The van der Waals surface area contributed by atoms with Crippen molar-refractivity contribution in [2.45, 2.75) is 38.5 Å². The summed E-state index contributed by atoms with van der Waals surface area (Å²) in [7, 11) is 0. The first-order valence-corrected chi connectivity index (χ1v) is 7.84. The normalized spacial score (nSPS) is 15.4. The van der Waals surface area contributed by atoms with Gasteiger partial charge < -0.3 is 4.42 Å². The van der Waals surface area contributed by atoms with Crippen LogP contribution in [0.2, 0.25) is 0 Å². The highest BCUT2D eigenvalue weighted by Crippen LogP contribution is 2.35. The molecule has 1 aliphatic rings. The Balaban J connectivity index is 1.87. The van der Waals surface area contributed by atoms with E-state index in [0.717, 1.165) is 11.7 Å². The van der Waals surface area contributed by atoms with E-state index >= 15 is 0 Å². The number of aryl methyl sites for hydroxylation is 3. The quantitative estimate of drug-likeness (QED) is 0.613. The molecule has 0 fully saturated rings. The van der Waals surface area contributed by atoms with Crippen LogP contribution in [-0.4, -0.2) is 10.9 Å². The molecule has 2 aromatic heterocycles. The Morgan fingerprint density at radius 2 is 2.17 bits per heavy atom. The average Bonchev–Trinajstić information content (AvgIpc) is 2.93. The topological polar surface area (TPSA) is 26.0 Å². The number of hydrogen-bond acceptors (Lipinski definition) is 3. The van der Waals surface area contributed by atoms with Gasteiger partial charge in [0.15, 0.2) is 11.7 Å². The molecule has 4 heteroatoms. The summed E-state index contributed by atoms with van der Waals surface area (Å²) in [5.74, 6) is 2.19. The maximum atomic E-state index is 5.73. The van der Waals surface area contributed by atoms with E-state index in [9.17, 15) is 0 Å². The summed E-state index contributed by atoms with van der Waals surface area (Å²) in [6, 6.07) is 2.29. The largest absolute Gasteiger partial charge is 0.440 e. The zero-order valence-electron chi connectivity index (χ0n) is 10.2. The molecule has 2 aromatic rings. The molecule has 1 aliphatic carbocycles. The van der Waals surface area contributed by atoms with Crippen molar-refractivity contribution in [1.82, 2.24) is 4.98 Å². The maximum Gasteiger partial charge on any atom is 0.196 e. The number of alkyl halides is 1. The minimum Gasteiger partial charge on any atom is -0.440 e. The molecule has 0 atom stereocenters. The predicted octanol–water partition coefficient (Wildman–Crippen LogP) is 4.45. The van der Waals surface area contributed by atoms with Gasteiger partial charge in [0.2, 0.25) is 0 Å². The van der Waals surface area contributed by atoms with Crippen molar-refractivity contribution in [1.29, 1.82) is 0 Å². The first kappa shape index (κ1) is 12.2. The van der Waals surface area contributed by atoms with Gasteiger partial charge in [-0.1, -0.05) is 6.42 Å². The SMILES string of the molecule is ClCCc1ncc(-c2cc3c(s2)CCCCC3)o1. The molecule has 2 heterocycles. The minimum absolute atomic E-state index is 0.556. The molecule has 96 valence electrons. The molecule has 2 nitrogen and oxygen atoms in total. The van der Waals surface area contributed by atoms with Crippen LogP contribution in [0, 0.1) is 0 Å².